The van der Waals surface area contributed by atoms with Crippen LogP contribution < -0.4 is 10.6 Å². The predicted molar refractivity (Wildman–Crippen MR) is 64.3 cm³/mol. The molecule has 2 aliphatic rings. The maximum atomic E-state index is 12.1. The summed E-state index contributed by atoms with van der Waals surface area (Å²) in [4.78, 5) is 14.0. The van der Waals surface area contributed by atoms with Crippen molar-refractivity contribution >= 4 is 17.3 Å². The topological polar surface area (TPSA) is 46.3 Å². The van der Waals surface area contributed by atoms with Crippen LogP contribution in [-0.4, -0.2) is 12.5 Å². The van der Waals surface area contributed by atoms with Crippen molar-refractivity contribution in [1.82, 2.24) is 0 Å². The summed E-state index contributed by atoms with van der Waals surface area (Å²) in [5.41, 5.74) is 8.87. The molecular weight excluding hydrogens is 200 g/mol. The van der Waals surface area contributed by atoms with Gasteiger partial charge >= 0.3 is 0 Å². The van der Waals surface area contributed by atoms with Crippen LogP contribution in [-0.2, 0) is 11.2 Å². The quantitative estimate of drug-likeness (QED) is 0.768. The highest BCUT2D eigenvalue weighted by molar-refractivity contribution is 5.99. The molecule has 1 aromatic rings. The van der Waals surface area contributed by atoms with Crippen LogP contribution in [0.1, 0.15) is 24.8 Å². The SMILES string of the molecule is Nc1cccc2c1N(C(=O)CC1CC1)CC2. The van der Waals surface area contributed by atoms with Crippen molar-refractivity contribution in [2.75, 3.05) is 17.2 Å². The third kappa shape index (κ3) is 1.56. The minimum absolute atomic E-state index is 0.249. The zero-order chi connectivity index (χ0) is 11.1. The van der Waals surface area contributed by atoms with Crippen molar-refractivity contribution in [1.29, 1.82) is 0 Å². The smallest absolute Gasteiger partial charge is 0.227 e. The van der Waals surface area contributed by atoms with Gasteiger partial charge in [-0.25, -0.2) is 0 Å². The Hall–Kier alpha value is -1.51. The summed E-state index contributed by atoms with van der Waals surface area (Å²) in [6.07, 6.45) is 4.08. The minimum atomic E-state index is 0.249. The lowest BCUT2D eigenvalue weighted by Gasteiger charge is -2.18. The normalized spacial score (nSPS) is 18.6. The molecule has 0 unspecified atom stereocenters. The average Bonchev–Trinajstić information content (AvgIpc) is 2.96. The Labute approximate surface area is 95.2 Å². The van der Waals surface area contributed by atoms with Crippen LogP contribution in [0.15, 0.2) is 18.2 Å². The van der Waals surface area contributed by atoms with Gasteiger partial charge in [0.25, 0.3) is 0 Å². The summed E-state index contributed by atoms with van der Waals surface area (Å²) < 4.78 is 0. The second-order valence-electron chi connectivity index (χ2n) is 4.80. The molecule has 84 valence electrons. The maximum absolute atomic E-state index is 12.1. The van der Waals surface area contributed by atoms with E-state index in [0.717, 1.165) is 24.3 Å². The number of nitrogen functional groups attached to an aromatic ring is 1. The average molecular weight is 216 g/mol. The van der Waals surface area contributed by atoms with Crippen molar-refractivity contribution < 1.29 is 4.79 Å². The van der Waals surface area contributed by atoms with Crippen molar-refractivity contribution in [3.8, 4) is 0 Å². The molecule has 0 saturated heterocycles. The lowest BCUT2D eigenvalue weighted by Crippen LogP contribution is -2.29. The monoisotopic (exact) mass is 216 g/mol. The summed E-state index contributed by atoms with van der Waals surface area (Å²) in [6, 6.07) is 5.90. The summed E-state index contributed by atoms with van der Waals surface area (Å²) in [5, 5.41) is 0. The Kier molecular flexibility index (Phi) is 2.13. The van der Waals surface area contributed by atoms with Gasteiger partial charge in [-0.2, -0.15) is 0 Å². The van der Waals surface area contributed by atoms with Crippen molar-refractivity contribution in [2.45, 2.75) is 25.7 Å². The Morgan fingerprint density at radius 1 is 1.44 bits per heavy atom. The largest absolute Gasteiger partial charge is 0.397 e. The number of fused-ring (bicyclic) bond motifs is 1. The molecular formula is C13H16N2O. The Bertz CT molecular complexity index is 438. The molecule has 1 aromatic carbocycles. The van der Waals surface area contributed by atoms with Crippen LogP contribution in [0.25, 0.3) is 0 Å². The van der Waals surface area contributed by atoms with Gasteiger partial charge in [0, 0.05) is 13.0 Å². The molecule has 1 heterocycles. The molecule has 0 atom stereocenters. The highest BCUT2D eigenvalue weighted by atomic mass is 16.2. The van der Waals surface area contributed by atoms with Gasteiger partial charge in [-0.3, -0.25) is 4.79 Å². The predicted octanol–water partition coefficient (Wildman–Crippen LogP) is 1.96. The molecule has 1 aliphatic carbocycles. The third-order valence-electron chi connectivity index (χ3n) is 3.49. The fraction of sp³-hybridized carbons (Fsp3) is 0.462. The number of para-hydroxylation sites is 1. The lowest BCUT2D eigenvalue weighted by molar-refractivity contribution is -0.118. The molecule has 1 fully saturated rings. The van der Waals surface area contributed by atoms with Gasteiger partial charge in [0.05, 0.1) is 11.4 Å². The number of hydrogen-bond acceptors (Lipinski definition) is 2. The summed E-state index contributed by atoms with van der Waals surface area (Å²) in [7, 11) is 0. The molecule has 3 nitrogen and oxygen atoms in total. The summed E-state index contributed by atoms with van der Waals surface area (Å²) >= 11 is 0. The van der Waals surface area contributed by atoms with Crippen LogP contribution in [0.4, 0.5) is 11.4 Å². The van der Waals surface area contributed by atoms with Crippen LogP contribution in [0, 0.1) is 5.92 Å². The number of hydrogen-bond donors (Lipinski definition) is 1. The van der Waals surface area contributed by atoms with E-state index in [1.54, 1.807) is 0 Å². The first-order chi connectivity index (χ1) is 7.75. The lowest BCUT2D eigenvalue weighted by atomic mass is 10.1. The van der Waals surface area contributed by atoms with Gasteiger partial charge in [0.15, 0.2) is 0 Å². The molecule has 1 amide bonds. The second-order valence-corrected chi connectivity index (χ2v) is 4.80. The fourth-order valence-corrected chi connectivity index (χ4v) is 2.41. The van der Waals surface area contributed by atoms with E-state index in [0.29, 0.717) is 12.3 Å². The standard InChI is InChI=1S/C13H16N2O/c14-11-3-1-2-10-6-7-15(13(10)11)12(16)8-9-4-5-9/h1-3,9H,4-8,14H2. The molecule has 0 spiro atoms. The summed E-state index contributed by atoms with van der Waals surface area (Å²) in [6.45, 7) is 0.801. The number of carbonyl (C=O) groups excluding carboxylic acids is 1. The van der Waals surface area contributed by atoms with Gasteiger partial charge in [-0.05, 0) is 36.8 Å². The van der Waals surface area contributed by atoms with Crippen molar-refractivity contribution in [3.63, 3.8) is 0 Å². The van der Waals surface area contributed by atoms with Gasteiger partial charge in [0.2, 0.25) is 5.91 Å². The van der Waals surface area contributed by atoms with E-state index in [2.05, 4.69) is 6.07 Å². The van der Waals surface area contributed by atoms with E-state index in [-0.39, 0.29) is 5.91 Å². The molecule has 0 bridgehead atoms. The number of amides is 1. The van der Waals surface area contributed by atoms with Gasteiger partial charge in [0.1, 0.15) is 0 Å². The van der Waals surface area contributed by atoms with E-state index >= 15 is 0 Å². The maximum Gasteiger partial charge on any atom is 0.227 e. The first kappa shape index (κ1) is 9.70. The highest BCUT2D eigenvalue weighted by Gasteiger charge is 2.31. The number of nitrogens with two attached hydrogens (primary N) is 1. The number of anilines is 2. The Morgan fingerprint density at radius 3 is 3.00 bits per heavy atom. The first-order valence-corrected chi connectivity index (χ1v) is 5.93. The Balaban J connectivity index is 1.86. The molecule has 2 N–H and O–H groups in total. The molecule has 1 saturated carbocycles. The van der Waals surface area contributed by atoms with E-state index in [1.165, 1.54) is 18.4 Å². The van der Waals surface area contributed by atoms with Crippen LogP contribution >= 0.6 is 0 Å². The van der Waals surface area contributed by atoms with Crippen LogP contribution in [0.3, 0.4) is 0 Å². The molecule has 16 heavy (non-hydrogen) atoms. The van der Waals surface area contributed by atoms with Crippen molar-refractivity contribution in [2.24, 2.45) is 5.92 Å². The zero-order valence-corrected chi connectivity index (χ0v) is 9.28. The zero-order valence-electron chi connectivity index (χ0n) is 9.28. The number of benzene rings is 1. The number of nitrogens with zero attached hydrogens (tertiary/aromatic N) is 1. The second kappa shape index (κ2) is 3.51. The fourth-order valence-electron chi connectivity index (χ4n) is 2.41. The van der Waals surface area contributed by atoms with Gasteiger partial charge < -0.3 is 10.6 Å². The first-order valence-electron chi connectivity index (χ1n) is 5.93. The third-order valence-corrected chi connectivity index (χ3v) is 3.49. The highest BCUT2D eigenvalue weighted by Crippen LogP contribution is 2.37. The van der Waals surface area contributed by atoms with Crippen molar-refractivity contribution in [3.05, 3.63) is 23.8 Å². The number of carbonyl (C=O) groups is 1. The molecule has 0 radical (unpaired) electrons. The minimum Gasteiger partial charge on any atom is -0.397 e. The van der Waals surface area contributed by atoms with Gasteiger partial charge in [-0.15, -0.1) is 0 Å². The van der Waals surface area contributed by atoms with Gasteiger partial charge in [-0.1, -0.05) is 12.1 Å². The molecule has 0 aromatic heterocycles. The Morgan fingerprint density at radius 2 is 2.25 bits per heavy atom. The van der Waals surface area contributed by atoms with E-state index in [1.807, 2.05) is 17.0 Å². The van der Waals surface area contributed by atoms with E-state index in [9.17, 15) is 4.79 Å². The van der Waals surface area contributed by atoms with Crippen LogP contribution in [0.2, 0.25) is 0 Å². The molecule has 3 heteroatoms. The molecule has 3 rings (SSSR count). The van der Waals surface area contributed by atoms with Crippen LogP contribution in [0.5, 0.6) is 0 Å². The van der Waals surface area contributed by atoms with E-state index in [4.69, 9.17) is 5.73 Å². The number of rotatable bonds is 2. The summed E-state index contributed by atoms with van der Waals surface area (Å²) in [5.74, 6) is 0.889. The molecule has 1 aliphatic heterocycles. The van der Waals surface area contributed by atoms with E-state index < -0.39 is 0 Å².